The van der Waals surface area contributed by atoms with Gasteiger partial charge in [-0.05, 0) is 37.8 Å². The van der Waals surface area contributed by atoms with E-state index in [4.69, 9.17) is 16.2 Å². The molecule has 1 aromatic carbocycles. The van der Waals surface area contributed by atoms with E-state index in [1.807, 2.05) is 0 Å². The lowest BCUT2D eigenvalue weighted by molar-refractivity contribution is -0.117. The normalized spacial score (nSPS) is 26.0. The summed E-state index contributed by atoms with van der Waals surface area (Å²) in [6.07, 6.45) is 5.04. The number of hydrogen-bond donors (Lipinski definition) is 3. The summed E-state index contributed by atoms with van der Waals surface area (Å²) in [5.41, 5.74) is 15.5. The third-order valence-corrected chi connectivity index (χ3v) is 7.78. The molecule has 35 heavy (non-hydrogen) atoms. The highest BCUT2D eigenvalue weighted by atomic mass is 32.2. The molecule has 0 bridgehead atoms. The number of piperidine rings is 1. The molecular weight excluding hydrogens is 474 g/mol. The number of nitrogens with one attached hydrogen (secondary N) is 1. The molecular formula is C24H28F2N6O2S. The fourth-order valence-electron chi connectivity index (χ4n) is 5.05. The molecule has 3 aliphatic rings. The maximum Gasteiger partial charge on any atom is 0.251 e. The van der Waals surface area contributed by atoms with Crippen LogP contribution in [0.15, 0.2) is 29.4 Å². The van der Waals surface area contributed by atoms with Crippen molar-refractivity contribution >= 4 is 34.1 Å². The van der Waals surface area contributed by atoms with Crippen LogP contribution in [0.1, 0.15) is 42.2 Å². The summed E-state index contributed by atoms with van der Waals surface area (Å²) in [5.74, 6) is -1.95. The quantitative estimate of drug-likeness (QED) is 0.575. The van der Waals surface area contributed by atoms with Crippen molar-refractivity contribution < 1.29 is 18.3 Å². The Morgan fingerprint density at radius 2 is 2.03 bits per heavy atom. The van der Waals surface area contributed by atoms with E-state index in [9.17, 15) is 13.6 Å². The number of methoxy groups -OCH3 is 1. The van der Waals surface area contributed by atoms with Crippen LogP contribution in [0.3, 0.4) is 0 Å². The summed E-state index contributed by atoms with van der Waals surface area (Å²) in [7, 11) is 1.67. The molecule has 3 heterocycles. The molecule has 8 nitrogen and oxygen atoms in total. The molecule has 2 aromatic rings. The van der Waals surface area contributed by atoms with Gasteiger partial charge >= 0.3 is 0 Å². The van der Waals surface area contributed by atoms with Crippen LogP contribution in [0.5, 0.6) is 0 Å². The highest BCUT2D eigenvalue weighted by molar-refractivity contribution is 8.15. The maximum absolute atomic E-state index is 14.3. The summed E-state index contributed by atoms with van der Waals surface area (Å²) in [6, 6.07) is 2.61. The van der Waals surface area contributed by atoms with E-state index in [0.717, 1.165) is 73.1 Å². The molecule has 1 amide bonds. The summed E-state index contributed by atoms with van der Waals surface area (Å²) in [4.78, 5) is 24.4. The van der Waals surface area contributed by atoms with Gasteiger partial charge in [0, 0.05) is 31.8 Å². The van der Waals surface area contributed by atoms with E-state index in [-0.39, 0.29) is 22.8 Å². The monoisotopic (exact) mass is 502 g/mol. The molecule has 11 heteroatoms. The first-order valence-corrected chi connectivity index (χ1v) is 12.6. The lowest BCUT2D eigenvalue weighted by Gasteiger charge is -2.35. The minimum atomic E-state index is -1.01. The molecule has 1 fully saturated rings. The Morgan fingerprint density at radius 1 is 1.26 bits per heavy atom. The van der Waals surface area contributed by atoms with E-state index >= 15 is 0 Å². The number of carbonyl (C=O) groups is 1. The zero-order chi connectivity index (χ0) is 24.7. The van der Waals surface area contributed by atoms with E-state index in [2.05, 4.69) is 20.2 Å². The van der Waals surface area contributed by atoms with Gasteiger partial charge in [-0.1, -0.05) is 17.8 Å². The summed E-state index contributed by atoms with van der Waals surface area (Å²) in [5, 5.41) is 2.24. The molecule has 5 N–H and O–H groups in total. The Balaban J connectivity index is 1.46. The van der Waals surface area contributed by atoms with Gasteiger partial charge in [0.1, 0.15) is 16.7 Å². The van der Waals surface area contributed by atoms with Crippen molar-refractivity contribution in [2.45, 2.75) is 49.2 Å². The van der Waals surface area contributed by atoms with Crippen molar-refractivity contribution in [1.29, 1.82) is 0 Å². The number of amides is 1. The Labute approximate surface area is 206 Å². The van der Waals surface area contributed by atoms with Gasteiger partial charge in [-0.15, -0.1) is 0 Å². The first-order chi connectivity index (χ1) is 16.9. The molecule has 186 valence electrons. The Hall–Kier alpha value is -2.60. The minimum absolute atomic E-state index is 0.0400. The molecule has 1 aliphatic carbocycles. The zero-order valence-corrected chi connectivity index (χ0v) is 20.2. The van der Waals surface area contributed by atoms with Gasteiger partial charge < -0.3 is 26.4 Å². The maximum atomic E-state index is 14.3. The molecule has 5 rings (SSSR count). The van der Waals surface area contributed by atoms with Gasteiger partial charge in [0.25, 0.3) is 5.91 Å². The van der Waals surface area contributed by atoms with Crippen LogP contribution in [0, 0.1) is 11.6 Å². The minimum Gasteiger partial charge on any atom is -0.375 e. The van der Waals surface area contributed by atoms with Crippen LogP contribution in [-0.4, -0.2) is 53.6 Å². The predicted octanol–water partition coefficient (Wildman–Crippen LogP) is 2.71. The number of thioether (sulfide) groups is 1. The zero-order valence-electron chi connectivity index (χ0n) is 19.3. The fourth-order valence-corrected chi connectivity index (χ4v) is 6.11. The van der Waals surface area contributed by atoms with Crippen LogP contribution in [0.25, 0.3) is 0 Å². The van der Waals surface area contributed by atoms with Crippen molar-refractivity contribution in [2.75, 3.05) is 30.4 Å². The van der Waals surface area contributed by atoms with Crippen molar-refractivity contribution in [3.8, 4) is 0 Å². The second-order valence-corrected chi connectivity index (χ2v) is 10.2. The number of aromatic nitrogens is 1. The third-order valence-electron chi connectivity index (χ3n) is 6.72. The number of fused-ring (bicyclic) bond motifs is 1. The highest BCUT2D eigenvalue weighted by Crippen LogP contribution is 2.42. The lowest BCUT2D eigenvalue weighted by atomic mass is 10.0. The van der Waals surface area contributed by atoms with Crippen molar-refractivity contribution in [3.63, 3.8) is 0 Å². The SMILES string of the molecule is COC1CCc2c1ncc(NC(=O)C1N=C(c3c(F)cccc3F)SC1N)c2N1CCC[C@H](N)C1. The van der Waals surface area contributed by atoms with Crippen LogP contribution >= 0.6 is 11.8 Å². The molecule has 1 aromatic heterocycles. The highest BCUT2D eigenvalue weighted by Gasteiger charge is 2.37. The fraction of sp³-hybridized carbons (Fsp3) is 0.458. The van der Waals surface area contributed by atoms with Crippen molar-refractivity contribution in [3.05, 3.63) is 52.9 Å². The number of aliphatic imine (C=N–C) groups is 1. The Kier molecular flexibility index (Phi) is 6.75. The number of nitrogens with zero attached hydrogens (tertiary/aromatic N) is 3. The van der Waals surface area contributed by atoms with E-state index in [0.29, 0.717) is 12.2 Å². The summed E-state index contributed by atoms with van der Waals surface area (Å²) in [6.45, 7) is 1.49. The van der Waals surface area contributed by atoms with Crippen LogP contribution in [0.2, 0.25) is 0 Å². The van der Waals surface area contributed by atoms with Crippen LogP contribution in [0.4, 0.5) is 20.2 Å². The molecule has 4 atom stereocenters. The van der Waals surface area contributed by atoms with Gasteiger partial charge in [-0.25, -0.2) is 8.78 Å². The molecule has 1 saturated heterocycles. The van der Waals surface area contributed by atoms with Crippen molar-refractivity contribution in [1.82, 2.24) is 4.98 Å². The number of halogens is 2. The Bertz CT molecular complexity index is 1160. The van der Waals surface area contributed by atoms with Gasteiger partial charge in [0.15, 0.2) is 6.04 Å². The van der Waals surface area contributed by atoms with E-state index < -0.39 is 29.0 Å². The van der Waals surface area contributed by atoms with Gasteiger partial charge in [-0.3, -0.25) is 14.8 Å². The first kappa shape index (κ1) is 24.1. The van der Waals surface area contributed by atoms with Crippen LogP contribution in [-0.2, 0) is 16.0 Å². The van der Waals surface area contributed by atoms with E-state index in [1.54, 1.807) is 13.3 Å². The number of hydrogen-bond acceptors (Lipinski definition) is 8. The molecule has 0 saturated carbocycles. The molecule has 3 unspecified atom stereocenters. The number of nitrogens with two attached hydrogens (primary N) is 2. The second kappa shape index (κ2) is 9.81. The molecule has 2 aliphatic heterocycles. The average Bonchev–Trinajstić information content (AvgIpc) is 3.42. The third kappa shape index (κ3) is 4.53. The summed E-state index contributed by atoms with van der Waals surface area (Å²) >= 11 is 0.978. The Morgan fingerprint density at radius 3 is 2.74 bits per heavy atom. The first-order valence-electron chi connectivity index (χ1n) is 11.7. The lowest BCUT2D eigenvalue weighted by Crippen LogP contribution is -2.44. The van der Waals surface area contributed by atoms with Crippen LogP contribution < -0.4 is 21.7 Å². The van der Waals surface area contributed by atoms with E-state index in [1.165, 1.54) is 6.07 Å². The number of pyridine rings is 1. The topological polar surface area (TPSA) is 119 Å². The standard InChI is InChI=1S/C24H28F2N6O2S/c1-34-17-8-7-13-19(17)29-10-16(21(13)32-9-3-4-12(27)11-32)30-23(33)20-22(28)35-24(31-20)18-14(25)5-2-6-15(18)26/h2,5-6,10,12,17,20,22H,3-4,7-9,11,27-28H2,1H3,(H,30,33)/t12-,17?,20?,22?/m0/s1. The molecule has 0 spiro atoms. The number of rotatable bonds is 5. The number of benzene rings is 1. The van der Waals surface area contributed by atoms with Crippen molar-refractivity contribution in [2.24, 2.45) is 16.5 Å². The average molecular weight is 503 g/mol. The largest absolute Gasteiger partial charge is 0.375 e. The van der Waals surface area contributed by atoms with Gasteiger partial charge in [0.05, 0.1) is 40.3 Å². The molecule has 0 radical (unpaired) electrons. The van der Waals surface area contributed by atoms with Gasteiger partial charge in [0.2, 0.25) is 0 Å². The van der Waals surface area contributed by atoms with Gasteiger partial charge in [-0.2, -0.15) is 0 Å². The smallest absolute Gasteiger partial charge is 0.251 e. The second-order valence-electron chi connectivity index (χ2n) is 9.04. The number of anilines is 2. The number of ether oxygens (including phenoxy) is 1. The predicted molar refractivity (Wildman–Crippen MR) is 133 cm³/mol. The number of carbonyl (C=O) groups excluding carboxylic acids is 1. The summed E-state index contributed by atoms with van der Waals surface area (Å²) < 4.78 is 34.1.